The highest BCUT2D eigenvalue weighted by atomic mass is 16.2. The second-order valence-corrected chi connectivity index (χ2v) is 11.3. The first-order chi connectivity index (χ1) is 17.8. The maximum atomic E-state index is 13.8. The molecule has 5 rings (SSSR count). The lowest BCUT2D eigenvalue weighted by atomic mass is 9.98. The Morgan fingerprint density at radius 2 is 1.86 bits per heavy atom. The van der Waals surface area contributed by atoms with Crippen molar-refractivity contribution in [1.29, 1.82) is 0 Å². The van der Waals surface area contributed by atoms with Crippen molar-refractivity contribution in [3.05, 3.63) is 76.7 Å². The van der Waals surface area contributed by atoms with Crippen molar-refractivity contribution in [2.45, 2.75) is 71.0 Å². The van der Waals surface area contributed by atoms with Crippen LogP contribution in [0.4, 0.5) is 5.69 Å². The number of anilines is 1. The Labute approximate surface area is 218 Å². The molecule has 1 aliphatic carbocycles. The molecule has 1 aliphatic heterocycles. The van der Waals surface area contributed by atoms with E-state index in [1.807, 2.05) is 50.2 Å². The summed E-state index contributed by atoms with van der Waals surface area (Å²) in [6.07, 6.45) is 6.26. The zero-order chi connectivity index (χ0) is 26.1. The van der Waals surface area contributed by atoms with Gasteiger partial charge in [-0.1, -0.05) is 44.2 Å². The average molecular weight is 500 g/mol. The topological polar surface area (TPSA) is 71.4 Å². The summed E-state index contributed by atoms with van der Waals surface area (Å²) < 4.78 is 1.56. The number of carbonyl (C=O) groups excluding carboxylic acids is 2. The molecular weight excluding hydrogens is 462 g/mol. The van der Waals surface area contributed by atoms with Crippen LogP contribution in [0.5, 0.6) is 0 Å². The summed E-state index contributed by atoms with van der Waals surface area (Å²) in [6, 6.07) is 17.1. The largest absolute Gasteiger partial charge is 0.368 e. The summed E-state index contributed by atoms with van der Waals surface area (Å²) in [6.45, 7) is 6.74. The number of hydrogen-bond acceptors (Lipinski definition) is 4. The quantitative estimate of drug-likeness (QED) is 0.427. The molecule has 0 spiro atoms. The van der Waals surface area contributed by atoms with E-state index >= 15 is 0 Å². The second kappa shape index (κ2) is 10.5. The van der Waals surface area contributed by atoms with Crippen molar-refractivity contribution < 1.29 is 9.59 Å². The predicted molar refractivity (Wildman–Crippen MR) is 148 cm³/mol. The van der Waals surface area contributed by atoms with Crippen LogP contribution in [0.15, 0.2) is 65.6 Å². The second-order valence-electron chi connectivity index (χ2n) is 11.3. The third-order valence-electron chi connectivity index (χ3n) is 8.00. The summed E-state index contributed by atoms with van der Waals surface area (Å²) in [5, 5.41) is 4.61. The van der Waals surface area contributed by atoms with Crippen LogP contribution < -0.4 is 15.8 Å². The third-order valence-corrected chi connectivity index (χ3v) is 8.00. The molecule has 2 fully saturated rings. The number of piperidine rings is 1. The van der Waals surface area contributed by atoms with Gasteiger partial charge in [0.2, 0.25) is 5.91 Å². The Kier molecular flexibility index (Phi) is 7.18. The van der Waals surface area contributed by atoms with E-state index in [9.17, 15) is 14.4 Å². The first-order valence-electron chi connectivity index (χ1n) is 13.6. The fraction of sp³-hybridized carbons (Fsp3) is 0.452. The van der Waals surface area contributed by atoms with Crippen molar-refractivity contribution in [3.63, 3.8) is 0 Å². The Balaban J connectivity index is 1.44. The van der Waals surface area contributed by atoms with E-state index in [0.29, 0.717) is 17.8 Å². The van der Waals surface area contributed by atoms with Gasteiger partial charge in [0.05, 0.1) is 6.04 Å². The third kappa shape index (κ3) is 5.34. The molecular formula is C31H37N3O3. The Hall–Kier alpha value is -3.41. The van der Waals surface area contributed by atoms with E-state index in [2.05, 4.69) is 22.3 Å². The average Bonchev–Trinajstić information content (AvgIpc) is 3.51. The molecule has 2 aromatic carbocycles. The van der Waals surface area contributed by atoms with Gasteiger partial charge >= 0.3 is 0 Å². The summed E-state index contributed by atoms with van der Waals surface area (Å²) in [5.74, 6) is 0.759. The number of carbonyl (C=O) groups is 2. The number of hydrogen-bond donors (Lipinski definition) is 1. The van der Waals surface area contributed by atoms with E-state index in [-0.39, 0.29) is 29.6 Å². The van der Waals surface area contributed by atoms with Crippen LogP contribution in [0, 0.1) is 11.8 Å². The van der Waals surface area contributed by atoms with Crippen LogP contribution in [0.2, 0.25) is 0 Å². The molecule has 3 aromatic rings. The molecule has 37 heavy (non-hydrogen) atoms. The predicted octanol–water partition coefficient (Wildman–Crippen LogP) is 5.41. The van der Waals surface area contributed by atoms with Gasteiger partial charge in [0.1, 0.15) is 11.8 Å². The van der Waals surface area contributed by atoms with Crippen LogP contribution in [0.25, 0.3) is 10.8 Å². The van der Waals surface area contributed by atoms with Gasteiger partial charge in [-0.15, -0.1) is 0 Å². The smallest absolute Gasteiger partial charge is 0.259 e. The standard InChI is InChI=1S/C31H37N3O3/c1-20(2)15-29(33-14-13-23-7-4-5-10-27(23)31(33)37)30(36)32-28(16-21(3)35)24-8-6-9-25(18-24)34-19-22-11-12-26(34)17-22/h4-10,13-14,18,20,22,26,28-29H,11-12,15-17,19H2,1-3H3,(H,32,36)/t22?,26?,28-,29-/m0/s1. The number of aromatic nitrogens is 1. The number of nitrogens with zero attached hydrogens (tertiary/aromatic N) is 2. The minimum Gasteiger partial charge on any atom is -0.368 e. The molecule has 2 aliphatic rings. The van der Waals surface area contributed by atoms with Gasteiger partial charge in [-0.2, -0.15) is 0 Å². The van der Waals surface area contributed by atoms with Crippen molar-refractivity contribution in [2.24, 2.45) is 11.8 Å². The number of fused-ring (bicyclic) bond motifs is 3. The highest BCUT2D eigenvalue weighted by Crippen LogP contribution is 2.40. The minimum absolute atomic E-state index is 0.0132. The number of rotatable bonds is 9. The maximum absolute atomic E-state index is 13.8. The van der Waals surface area contributed by atoms with Crippen LogP contribution >= 0.6 is 0 Å². The van der Waals surface area contributed by atoms with Crippen LogP contribution in [0.3, 0.4) is 0 Å². The highest BCUT2D eigenvalue weighted by Gasteiger charge is 2.38. The van der Waals surface area contributed by atoms with E-state index in [4.69, 9.17) is 0 Å². The van der Waals surface area contributed by atoms with Gasteiger partial charge in [-0.05, 0) is 79.7 Å². The molecule has 1 N–H and O–H groups in total. The monoisotopic (exact) mass is 499 g/mol. The van der Waals surface area contributed by atoms with E-state index in [1.54, 1.807) is 23.8 Å². The SMILES string of the molecule is CC(=O)C[C@H](NC(=O)[C@H](CC(C)C)n1ccc2ccccc2c1=O)c1cccc(N2CC3CCC2C3)c1. The number of nitrogens with one attached hydrogen (secondary N) is 1. The van der Waals surface area contributed by atoms with E-state index < -0.39 is 12.1 Å². The molecule has 194 valence electrons. The Morgan fingerprint density at radius 1 is 1.05 bits per heavy atom. The molecule has 1 amide bonds. The molecule has 2 unspecified atom stereocenters. The number of ketones is 1. The number of Topliss-reactive ketones (excluding diaryl/α,β-unsaturated/α-hetero) is 1. The van der Waals surface area contributed by atoms with Crippen LogP contribution in [-0.4, -0.2) is 28.8 Å². The van der Waals surface area contributed by atoms with Gasteiger partial charge in [0.25, 0.3) is 5.56 Å². The highest BCUT2D eigenvalue weighted by molar-refractivity contribution is 5.84. The zero-order valence-electron chi connectivity index (χ0n) is 22.0. The minimum atomic E-state index is -0.663. The molecule has 1 aromatic heterocycles. The molecule has 2 bridgehead atoms. The number of benzene rings is 2. The fourth-order valence-electron chi connectivity index (χ4n) is 6.21. The molecule has 4 atom stereocenters. The molecule has 0 radical (unpaired) electrons. The van der Waals surface area contributed by atoms with Crippen molar-refractivity contribution in [3.8, 4) is 0 Å². The van der Waals surface area contributed by atoms with Crippen LogP contribution in [0.1, 0.15) is 70.5 Å². The molecule has 6 heteroatoms. The molecule has 1 saturated heterocycles. The number of amides is 1. The maximum Gasteiger partial charge on any atom is 0.259 e. The molecule has 2 heterocycles. The van der Waals surface area contributed by atoms with Crippen molar-refractivity contribution >= 4 is 28.2 Å². The van der Waals surface area contributed by atoms with Crippen molar-refractivity contribution in [2.75, 3.05) is 11.4 Å². The normalized spacial score (nSPS) is 20.4. The lowest BCUT2D eigenvalue weighted by Gasteiger charge is -2.30. The van der Waals surface area contributed by atoms with Gasteiger partial charge in [0, 0.05) is 36.3 Å². The zero-order valence-corrected chi connectivity index (χ0v) is 22.0. The first-order valence-corrected chi connectivity index (χ1v) is 13.6. The van der Waals surface area contributed by atoms with Crippen LogP contribution in [-0.2, 0) is 9.59 Å². The fourth-order valence-corrected chi connectivity index (χ4v) is 6.21. The molecule has 1 saturated carbocycles. The Bertz CT molecular complexity index is 1360. The van der Waals surface area contributed by atoms with Gasteiger partial charge in [0.15, 0.2) is 0 Å². The summed E-state index contributed by atoms with van der Waals surface area (Å²) >= 11 is 0. The summed E-state index contributed by atoms with van der Waals surface area (Å²) in [4.78, 5) is 41.9. The van der Waals surface area contributed by atoms with Crippen molar-refractivity contribution in [1.82, 2.24) is 9.88 Å². The summed E-state index contributed by atoms with van der Waals surface area (Å²) in [5.41, 5.74) is 1.92. The summed E-state index contributed by atoms with van der Waals surface area (Å²) in [7, 11) is 0. The lowest BCUT2D eigenvalue weighted by molar-refractivity contribution is -0.126. The number of pyridine rings is 1. The van der Waals surface area contributed by atoms with E-state index in [1.165, 1.54) is 19.3 Å². The van der Waals surface area contributed by atoms with Gasteiger partial charge in [-0.3, -0.25) is 14.4 Å². The van der Waals surface area contributed by atoms with Gasteiger partial charge in [-0.25, -0.2) is 0 Å². The lowest BCUT2D eigenvalue weighted by Crippen LogP contribution is -2.40. The van der Waals surface area contributed by atoms with Gasteiger partial charge < -0.3 is 14.8 Å². The Morgan fingerprint density at radius 3 is 2.57 bits per heavy atom. The molecule has 6 nitrogen and oxygen atoms in total. The van der Waals surface area contributed by atoms with E-state index in [0.717, 1.165) is 29.1 Å². The first kappa shape index (κ1) is 25.2.